The van der Waals surface area contributed by atoms with Gasteiger partial charge in [0.2, 0.25) is 0 Å². The maximum Gasteiger partial charge on any atom is 0.172 e. The van der Waals surface area contributed by atoms with Gasteiger partial charge in [-0.1, -0.05) is 0 Å². The lowest BCUT2D eigenvalue weighted by Gasteiger charge is -2.35. The van der Waals surface area contributed by atoms with Gasteiger partial charge in [-0.3, -0.25) is 9.29 Å². The number of phenols is 1. The highest BCUT2D eigenvalue weighted by molar-refractivity contribution is 9.10. The largest absolute Gasteiger partial charge is 0.503 e. The smallest absolute Gasteiger partial charge is 0.172 e. The lowest BCUT2D eigenvalue weighted by molar-refractivity contribution is 0.157. The van der Waals surface area contributed by atoms with Gasteiger partial charge in [-0.15, -0.1) is 0 Å². The minimum Gasteiger partial charge on any atom is -0.503 e. The molecule has 1 atom stereocenters. The molecule has 1 saturated heterocycles. The monoisotopic (exact) mass is 360 g/mol. The molecule has 1 aromatic rings. The Hall–Kier alpha value is -0.850. The highest BCUT2D eigenvalue weighted by Gasteiger charge is 2.24. The van der Waals surface area contributed by atoms with Crippen LogP contribution in [0.2, 0.25) is 0 Å². The number of piperazine rings is 1. The first kappa shape index (κ1) is 16.5. The van der Waals surface area contributed by atoms with Crippen molar-refractivity contribution in [3.05, 3.63) is 22.2 Å². The van der Waals surface area contributed by atoms with E-state index < -0.39 is 0 Å². The Labute approximate surface area is 133 Å². The van der Waals surface area contributed by atoms with Crippen LogP contribution in [0.5, 0.6) is 11.5 Å². The standard InChI is InChI=1S/C15H22BrFN2O2/c1-2-21-14-10-11(9-12(16)15(14)20)13(3-4-17)19-7-5-18-6-8-19/h9-10,13,18,20H,2-8H2,1H3/t13-/m0/s1. The summed E-state index contributed by atoms with van der Waals surface area (Å²) in [6.07, 6.45) is 0.447. The lowest BCUT2D eigenvalue weighted by Crippen LogP contribution is -2.45. The Balaban J connectivity index is 2.30. The van der Waals surface area contributed by atoms with Crippen LogP contribution in [0.1, 0.15) is 24.9 Å². The van der Waals surface area contributed by atoms with Gasteiger partial charge in [0.1, 0.15) is 0 Å². The van der Waals surface area contributed by atoms with E-state index in [1.165, 1.54) is 0 Å². The molecule has 1 aliphatic heterocycles. The second kappa shape index (κ2) is 7.96. The first-order valence-electron chi connectivity index (χ1n) is 7.33. The van der Waals surface area contributed by atoms with Crippen LogP contribution in [-0.4, -0.2) is 49.5 Å². The van der Waals surface area contributed by atoms with E-state index in [0.717, 1.165) is 31.7 Å². The van der Waals surface area contributed by atoms with Crippen LogP contribution in [0.3, 0.4) is 0 Å². The van der Waals surface area contributed by atoms with Crippen LogP contribution in [0, 0.1) is 0 Å². The fraction of sp³-hybridized carbons (Fsp3) is 0.600. The summed E-state index contributed by atoms with van der Waals surface area (Å²) in [4.78, 5) is 2.28. The van der Waals surface area contributed by atoms with Gasteiger partial charge in [-0.25, -0.2) is 0 Å². The molecule has 0 amide bonds. The molecule has 118 valence electrons. The van der Waals surface area contributed by atoms with E-state index in [0.29, 0.717) is 23.2 Å². The summed E-state index contributed by atoms with van der Waals surface area (Å²) in [5.74, 6) is 0.542. The minimum absolute atomic E-state index is 0.00760. The number of nitrogens with zero attached hydrogens (tertiary/aromatic N) is 1. The average Bonchev–Trinajstić information content (AvgIpc) is 2.50. The van der Waals surface area contributed by atoms with Crippen LogP contribution in [0.25, 0.3) is 0 Å². The van der Waals surface area contributed by atoms with Crippen molar-refractivity contribution in [2.45, 2.75) is 19.4 Å². The maximum absolute atomic E-state index is 13.0. The molecule has 0 bridgehead atoms. The number of rotatable bonds is 6. The Morgan fingerprint density at radius 2 is 2.14 bits per heavy atom. The van der Waals surface area contributed by atoms with Crippen molar-refractivity contribution < 1.29 is 14.2 Å². The van der Waals surface area contributed by atoms with Crippen molar-refractivity contribution in [3.8, 4) is 11.5 Å². The molecule has 0 spiro atoms. The van der Waals surface area contributed by atoms with E-state index in [-0.39, 0.29) is 18.5 Å². The number of phenolic OH excluding ortho intramolecular Hbond substituents is 1. The van der Waals surface area contributed by atoms with Crippen molar-refractivity contribution >= 4 is 15.9 Å². The molecule has 6 heteroatoms. The molecule has 0 aromatic heterocycles. The second-order valence-corrected chi connectivity index (χ2v) is 5.92. The minimum atomic E-state index is -0.364. The van der Waals surface area contributed by atoms with E-state index in [9.17, 15) is 9.50 Å². The predicted molar refractivity (Wildman–Crippen MR) is 84.8 cm³/mol. The lowest BCUT2D eigenvalue weighted by atomic mass is 10.0. The Bertz CT molecular complexity index is 467. The SMILES string of the molecule is CCOc1cc([C@H](CCF)N2CCNCC2)cc(Br)c1O. The van der Waals surface area contributed by atoms with Crippen LogP contribution in [0.4, 0.5) is 4.39 Å². The molecule has 0 aliphatic carbocycles. The molecule has 0 radical (unpaired) electrons. The molecule has 1 aliphatic rings. The number of aromatic hydroxyl groups is 1. The third-order valence-corrected chi connectivity index (χ3v) is 4.31. The average molecular weight is 361 g/mol. The summed E-state index contributed by atoms with van der Waals surface area (Å²) in [6, 6.07) is 3.69. The molecule has 0 unspecified atom stereocenters. The third kappa shape index (κ3) is 4.08. The van der Waals surface area contributed by atoms with Crippen molar-refractivity contribution in [1.29, 1.82) is 0 Å². The summed E-state index contributed by atoms with van der Waals surface area (Å²) in [7, 11) is 0. The zero-order valence-corrected chi connectivity index (χ0v) is 13.8. The van der Waals surface area contributed by atoms with E-state index in [1.54, 1.807) is 0 Å². The molecule has 4 nitrogen and oxygen atoms in total. The molecule has 2 rings (SSSR count). The summed E-state index contributed by atoms with van der Waals surface area (Å²) in [5.41, 5.74) is 0.975. The topological polar surface area (TPSA) is 44.7 Å². The Morgan fingerprint density at radius 1 is 1.43 bits per heavy atom. The number of benzene rings is 1. The number of halogens is 2. The fourth-order valence-corrected chi connectivity index (χ4v) is 3.17. The Kier molecular flexibility index (Phi) is 6.26. The molecule has 1 heterocycles. The number of ether oxygens (including phenoxy) is 1. The van der Waals surface area contributed by atoms with Gasteiger partial charge in [0.25, 0.3) is 0 Å². The molecule has 1 fully saturated rings. The molecule has 1 aromatic carbocycles. The zero-order chi connectivity index (χ0) is 15.2. The van der Waals surface area contributed by atoms with Gasteiger partial charge in [-0.05, 0) is 47.0 Å². The van der Waals surface area contributed by atoms with Gasteiger partial charge in [0.05, 0.1) is 17.8 Å². The first-order valence-corrected chi connectivity index (χ1v) is 8.12. The zero-order valence-electron chi connectivity index (χ0n) is 12.2. The number of hydrogen-bond donors (Lipinski definition) is 2. The van der Waals surface area contributed by atoms with Gasteiger partial charge in [0.15, 0.2) is 11.5 Å². The Morgan fingerprint density at radius 3 is 2.76 bits per heavy atom. The van der Waals surface area contributed by atoms with E-state index in [2.05, 4.69) is 26.1 Å². The van der Waals surface area contributed by atoms with Crippen molar-refractivity contribution in [2.75, 3.05) is 39.5 Å². The van der Waals surface area contributed by atoms with E-state index in [1.807, 2.05) is 19.1 Å². The van der Waals surface area contributed by atoms with Crippen LogP contribution < -0.4 is 10.1 Å². The highest BCUT2D eigenvalue weighted by Crippen LogP contribution is 2.39. The van der Waals surface area contributed by atoms with Crippen molar-refractivity contribution in [1.82, 2.24) is 10.2 Å². The van der Waals surface area contributed by atoms with E-state index >= 15 is 0 Å². The molecule has 2 N–H and O–H groups in total. The van der Waals surface area contributed by atoms with Crippen LogP contribution in [0.15, 0.2) is 16.6 Å². The summed E-state index contributed by atoms with van der Waals surface area (Å²) in [5, 5.41) is 13.3. The van der Waals surface area contributed by atoms with Gasteiger partial charge < -0.3 is 15.2 Å². The van der Waals surface area contributed by atoms with Gasteiger partial charge >= 0.3 is 0 Å². The van der Waals surface area contributed by atoms with Gasteiger partial charge in [0, 0.05) is 32.2 Å². The second-order valence-electron chi connectivity index (χ2n) is 5.06. The molecule has 21 heavy (non-hydrogen) atoms. The number of alkyl halides is 1. The van der Waals surface area contributed by atoms with Crippen molar-refractivity contribution in [2.24, 2.45) is 0 Å². The first-order chi connectivity index (χ1) is 10.2. The van der Waals surface area contributed by atoms with Crippen LogP contribution >= 0.6 is 15.9 Å². The summed E-state index contributed by atoms with van der Waals surface area (Å²) in [6.45, 7) is 5.61. The van der Waals surface area contributed by atoms with Crippen molar-refractivity contribution in [3.63, 3.8) is 0 Å². The van der Waals surface area contributed by atoms with Crippen LogP contribution in [-0.2, 0) is 0 Å². The highest BCUT2D eigenvalue weighted by atomic mass is 79.9. The number of nitrogens with one attached hydrogen (secondary N) is 1. The van der Waals surface area contributed by atoms with E-state index in [4.69, 9.17) is 4.74 Å². The molecular weight excluding hydrogens is 339 g/mol. The third-order valence-electron chi connectivity index (χ3n) is 3.71. The predicted octanol–water partition coefficient (Wildman–Crippen LogP) is 2.86. The normalized spacial score (nSPS) is 17.7. The quantitative estimate of drug-likeness (QED) is 0.818. The molecule has 0 saturated carbocycles. The summed E-state index contributed by atoms with van der Waals surface area (Å²) < 4.78 is 19.0. The molecular formula is C15H22BrFN2O2. The fourth-order valence-electron chi connectivity index (χ4n) is 2.71. The maximum atomic E-state index is 13.0. The summed E-state index contributed by atoms with van der Waals surface area (Å²) >= 11 is 3.36. The van der Waals surface area contributed by atoms with Gasteiger partial charge in [-0.2, -0.15) is 0 Å². The number of hydrogen-bond acceptors (Lipinski definition) is 4.